The molecule has 0 fully saturated rings. The summed E-state index contributed by atoms with van der Waals surface area (Å²) >= 11 is 0. The van der Waals surface area contributed by atoms with Crippen molar-refractivity contribution in [3.8, 4) is 5.75 Å². The topological polar surface area (TPSA) is 58.6 Å². The lowest BCUT2D eigenvalue weighted by Gasteiger charge is -2.19. The molecule has 0 saturated carbocycles. The minimum Gasteiger partial charge on any atom is -0.508 e. The third-order valence-corrected chi connectivity index (χ3v) is 3.51. The van der Waals surface area contributed by atoms with Crippen LogP contribution in [0.3, 0.4) is 0 Å². The molecule has 4 heteroatoms. The highest BCUT2D eigenvalue weighted by atomic mass is 16.5. The first kappa shape index (κ1) is 14.9. The first-order chi connectivity index (χ1) is 10.0. The summed E-state index contributed by atoms with van der Waals surface area (Å²) in [6.07, 6.45) is 0. The molecule has 0 bridgehead atoms. The summed E-state index contributed by atoms with van der Waals surface area (Å²) < 4.78 is 4.77. The van der Waals surface area contributed by atoms with E-state index in [9.17, 15) is 9.90 Å². The first-order valence-electron chi connectivity index (χ1n) is 6.77. The van der Waals surface area contributed by atoms with Gasteiger partial charge in [0.2, 0.25) is 0 Å². The van der Waals surface area contributed by atoms with E-state index in [0.717, 1.165) is 16.8 Å². The van der Waals surface area contributed by atoms with E-state index in [1.807, 2.05) is 32.0 Å². The van der Waals surface area contributed by atoms with Crippen molar-refractivity contribution in [2.75, 3.05) is 12.4 Å². The van der Waals surface area contributed by atoms with Crippen LogP contribution >= 0.6 is 0 Å². The van der Waals surface area contributed by atoms with Gasteiger partial charge in [0.25, 0.3) is 0 Å². The van der Waals surface area contributed by atoms with Crippen LogP contribution in [0, 0.1) is 6.92 Å². The fourth-order valence-electron chi connectivity index (χ4n) is 2.29. The number of carbonyl (C=O) groups excluding carboxylic acids is 1. The highest BCUT2D eigenvalue weighted by Gasteiger charge is 2.15. The number of aromatic hydroxyl groups is 1. The Bertz CT molecular complexity index is 652. The molecule has 0 spiro atoms. The van der Waals surface area contributed by atoms with E-state index in [1.165, 1.54) is 7.11 Å². The minimum absolute atomic E-state index is 0.0854. The molecule has 0 heterocycles. The monoisotopic (exact) mass is 285 g/mol. The molecule has 21 heavy (non-hydrogen) atoms. The van der Waals surface area contributed by atoms with Gasteiger partial charge >= 0.3 is 5.97 Å². The minimum atomic E-state index is -0.355. The lowest BCUT2D eigenvalue weighted by atomic mass is 10.0. The average Bonchev–Trinajstić information content (AvgIpc) is 2.49. The van der Waals surface area contributed by atoms with Crippen LogP contribution < -0.4 is 5.32 Å². The van der Waals surface area contributed by atoms with Crippen molar-refractivity contribution in [2.24, 2.45) is 0 Å². The summed E-state index contributed by atoms with van der Waals surface area (Å²) in [5.41, 5.74) is 3.01. The zero-order valence-corrected chi connectivity index (χ0v) is 12.4. The van der Waals surface area contributed by atoms with Gasteiger partial charge in [-0.3, -0.25) is 0 Å². The Morgan fingerprint density at radius 2 is 1.90 bits per heavy atom. The number of phenolic OH excluding ortho intramolecular Hbond substituents is 1. The molecule has 2 rings (SSSR count). The Labute approximate surface area is 124 Å². The Balaban J connectivity index is 2.28. The molecule has 0 radical (unpaired) electrons. The zero-order chi connectivity index (χ0) is 15.4. The molecule has 0 saturated heterocycles. The molecule has 0 amide bonds. The number of phenols is 1. The molecule has 1 unspecified atom stereocenters. The first-order valence-corrected chi connectivity index (χ1v) is 6.77. The maximum Gasteiger partial charge on any atom is 0.338 e. The summed E-state index contributed by atoms with van der Waals surface area (Å²) in [6.45, 7) is 3.82. The van der Waals surface area contributed by atoms with E-state index in [4.69, 9.17) is 4.74 Å². The number of carbonyl (C=O) groups is 1. The number of methoxy groups -OCH3 is 1. The smallest absolute Gasteiger partial charge is 0.338 e. The third kappa shape index (κ3) is 3.16. The maximum atomic E-state index is 11.7. The molecule has 0 aliphatic heterocycles. The van der Waals surface area contributed by atoms with Crippen LogP contribution in [-0.2, 0) is 4.74 Å². The predicted octanol–water partition coefficient (Wildman–Crippen LogP) is 3.66. The zero-order valence-electron chi connectivity index (χ0n) is 12.4. The Kier molecular flexibility index (Phi) is 4.48. The number of anilines is 1. The Hall–Kier alpha value is -2.49. The van der Waals surface area contributed by atoms with Gasteiger partial charge in [-0.15, -0.1) is 0 Å². The van der Waals surface area contributed by atoms with Crippen molar-refractivity contribution in [3.63, 3.8) is 0 Å². The van der Waals surface area contributed by atoms with Crippen LogP contribution in [-0.4, -0.2) is 18.2 Å². The number of esters is 1. The number of nitrogens with one attached hydrogen (secondary N) is 1. The second-order valence-electron chi connectivity index (χ2n) is 4.89. The van der Waals surface area contributed by atoms with Crippen molar-refractivity contribution < 1.29 is 14.6 Å². The van der Waals surface area contributed by atoms with Crippen molar-refractivity contribution in [1.82, 2.24) is 0 Å². The van der Waals surface area contributed by atoms with Gasteiger partial charge in [-0.2, -0.15) is 0 Å². The van der Waals surface area contributed by atoms with Crippen LogP contribution in [0.25, 0.3) is 0 Å². The van der Waals surface area contributed by atoms with Crippen molar-refractivity contribution in [2.45, 2.75) is 19.9 Å². The molecular weight excluding hydrogens is 266 g/mol. The summed E-state index contributed by atoms with van der Waals surface area (Å²) in [5.74, 6) is -0.106. The van der Waals surface area contributed by atoms with Gasteiger partial charge < -0.3 is 15.2 Å². The molecule has 2 aromatic rings. The highest BCUT2D eigenvalue weighted by Crippen LogP contribution is 2.28. The lowest BCUT2D eigenvalue weighted by Crippen LogP contribution is -2.10. The van der Waals surface area contributed by atoms with Crippen LogP contribution in [0.15, 0.2) is 42.5 Å². The summed E-state index contributed by atoms with van der Waals surface area (Å²) in [6, 6.07) is 12.5. The van der Waals surface area contributed by atoms with Gasteiger partial charge in [-0.05, 0) is 37.6 Å². The SMILES string of the molecule is COC(=O)c1cccc(NC(C)c2ccccc2O)c1C. The standard InChI is InChI=1S/C17H19NO3/c1-11-13(17(20)21-3)8-6-9-15(11)18-12(2)14-7-4-5-10-16(14)19/h4-10,12,18-19H,1-3H3. The molecule has 2 aromatic carbocycles. The number of hydrogen-bond acceptors (Lipinski definition) is 4. The Morgan fingerprint density at radius 3 is 2.57 bits per heavy atom. The number of para-hydroxylation sites is 1. The number of ether oxygens (including phenoxy) is 1. The summed E-state index contributed by atoms with van der Waals surface area (Å²) in [4.78, 5) is 11.7. The summed E-state index contributed by atoms with van der Waals surface area (Å²) in [7, 11) is 1.37. The van der Waals surface area contributed by atoms with Crippen molar-refractivity contribution >= 4 is 11.7 Å². The fraction of sp³-hybridized carbons (Fsp3) is 0.235. The largest absolute Gasteiger partial charge is 0.508 e. The highest BCUT2D eigenvalue weighted by molar-refractivity contribution is 5.92. The average molecular weight is 285 g/mol. The van der Waals surface area contributed by atoms with Crippen molar-refractivity contribution in [3.05, 3.63) is 59.2 Å². The second-order valence-corrected chi connectivity index (χ2v) is 4.89. The van der Waals surface area contributed by atoms with E-state index < -0.39 is 0 Å². The van der Waals surface area contributed by atoms with Gasteiger partial charge in [0.05, 0.1) is 18.7 Å². The molecule has 4 nitrogen and oxygen atoms in total. The number of hydrogen-bond donors (Lipinski definition) is 2. The van der Waals surface area contributed by atoms with E-state index >= 15 is 0 Å². The van der Waals surface area contributed by atoms with Gasteiger partial charge in [0.15, 0.2) is 0 Å². The molecule has 0 aliphatic rings. The maximum absolute atomic E-state index is 11.7. The van der Waals surface area contributed by atoms with Gasteiger partial charge in [-0.25, -0.2) is 4.79 Å². The van der Waals surface area contributed by atoms with Crippen LogP contribution in [0.5, 0.6) is 5.75 Å². The molecule has 0 aliphatic carbocycles. The van der Waals surface area contributed by atoms with E-state index in [0.29, 0.717) is 5.56 Å². The van der Waals surface area contributed by atoms with E-state index in [-0.39, 0.29) is 17.8 Å². The van der Waals surface area contributed by atoms with Crippen LogP contribution in [0.2, 0.25) is 0 Å². The van der Waals surface area contributed by atoms with Gasteiger partial charge in [0, 0.05) is 11.3 Å². The number of rotatable bonds is 4. The molecule has 0 aromatic heterocycles. The van der Waals surface area contributed by atoms with Gasteiger partial charge in [-0.1, -0.05) is 24.3 Å². The Morgan fingerprint density at radius 1 is 1.19 bits per heavy atom. The lowest BCUT2D eigenvalue weighted by molar-refractivity contribution is 0.0600. The van der Waals surface area contributed by atoms with Crippen molar-refractivity contribution in [1.29, 1.82) is 0 Å². The number of benzene rings is 2. The molecular formula is C17H19NO3. The third-order valence-electron chi connectivity index (χ3n) is 3.51. The van der Waals surface area contributed by atoms with Crippen LogP contribution in [0.1, 0.15) is 34.5 Å². The van der Waals surface area contributed by atoms with Gasteiger partial charge in [0.1, 0.15) is 5.75 Å². The normalized spacial score (nSPS) is 11.8. The molecule has 1 atom stereocenters. The summed E-state index contributed by atoms with van der Waals surface area (Å²) in [5, 5.41) is 13.2. The van der Waals surface area contributed by atoms with E-state index in [2.05, 4.69) is 5.32 Å². The molecule has 2 N–H and O–H groups in total. The van der Waals surface area contributed by atoms with E-state index in [1.54, 1.807) is 24.3 Å². The second kappa shape index (κ2) is 6.31. The fourth-order valence-corrected chi connectivity index (χ4v) is 2.29. The quantitative estimate of drug-likeness (QED) is 0.842. The predicted molar refractivity (Wildman–Crippen MR) is 82.7 cm³/mol. The van der Waals surface area contributed by atoms with Crippen LogP contribution in [0.4, 0.5) is 5.69 Å². The molecule has 110 valence electrons.